The largest absolute Gasteiger partial charge is 0.481 e. The summed E-state index contributed by atoms with van der Waals surface area (Å²) in [4.78, 5) is 37.2. The van der Waals surface area contributed by atoms with Crippen LogP contribution in [-0.4, -0.2) is 29.4 Å². The van der Waals surface area contributed by atoms with Gasteiger partial charge in [0.25, 0.3) is 0 Å². The van der Waals surface area contributed by atoms with Crippen LogP contribution in [-0.2, 0) is 20.9 Å². The Hall–Kier alpha value is -2.63. The molecule has 3 rings (SSSR count). The van der Waals surface area contributed by atoms with E-state index in [1.807, 2.05) is 36.4 Å². The van der Waals surface area contributed by atoms with E-state index in [2.05, 4.69) is 5.32 Å². The summed E-state index contributed by atoms with van der Waals surface area (Å²) in [6.45, 7) is 1.10. The van der Waals surface area contributed by atoms with Crippen molar-refractivity contribution in [1.82, 2.24) is 5.32 Å². The number of rotatable bonds is 5. The third-order valence-corrected chi connectivity index (χ3v) is 4.87. The average Bonchev–Trinajstić information content (AvgIpc) is 3.06. The highest BCUT2D eigenvalue weighted by atomic mass is 16.4. The number of hydrogen-bond donors (Lipinski definition) is 2. The number of carboxylic acids is 1. The molecule has 2 aliphatic rings. The number of benzene rings is 1. The molecule has 0 saturated carbocycles. The molecule has 1 saturated heterocycles. The Labute approximate surface area is 146 Å². The number of carbonyl (C=O) groups is 3. The van der Waals surface area contributed by atoms with E-state index in [4.69, 9.17) is 0 Å². The van der Waals surface area contributed by atoms with Gasteiger partial charge in [0.1, 0.15) is 0 Å². The first-order valence-electron chi connectivity index (χ1n) is 8.61. The Balaban J connectivity index is 1.57. The molecule has 2 amide bonds. The lowest BCUT2D eigenvalue weighted by molar-refractivity contribution is -0.147. The van der Waals surface area contributed by atoms with Crippen LogP contribution in [0.5, 0.6) is 0 Å². The Morgan fingerprint density at radius 2 is 1.80 bits per heavy atom. The van der Waals surface area contributed by atoms with Gasteiger partial charge in [0.15, 0.2) is 0 Å². The molecule has 25 heavy (non-hydrogen) atoms. The molecule has 6 nitrogen and oxygen atoms in total. The fourth-order valence-corrected chi connectivity index (χ4v) is 3.41. The number of nitrogens with zero attached hydrogens (tertiary/aromatic N) is 1. The van der Waals surface area contributed by atoms with Crippen LogP contribution < -0.4 is 10.2 Å². The molecule has 2 atom stereocenters. The minimum atomic E-state index is -0.927. The molecule has 0 spiro atoms. The molecule has 1 fully saturated rings. The van der Waals surface area contributed by atoms with Crippen LogP contribution in [0.2, 0.25) is 0 Å². The summed E-state index contributed by atoms with van der Waals surface area (Å²) in [5, 5.41) is 12.1. The second kappa shape index (κ2) is 7.51. The zero-order valence-corrected chi connectivity index (χ0v) is 14.0. The van der Waals surface area contributed by atoms with E-state index in [1.54, 1.807) is 4.90 Å². The summed E-state index contributed by atoms with van der Waals surface area (Å²) >= 11 is 0. The molecule has 6 heteroatoms. The van der Waals surface area contributed by atoms with E-state index < -0.39 is 17.8 Å². The predicted octanol–water partition coefficient (Wildman–Crippen LogP) is 2.10. The summed E-state index contributed by atoms with van der Waals surface area (Å²) in [6.07, 6.45) is 6.02. The van der Waals surface area contributed by atoms with Crippen molar-refractivity contribution in [3.63, 3.8) is 0 Å². The van der Waals surface area contributed by atoms with Crippen molar-refractivity contribution in [2.75, 3.05) is 11.4 Å². The van der Waals surface area contributed by atoms with Gasteiger partial charge in [-0.25, -0.2) is 0 Å². The summed E-state index contributed by atoms with van der Waals surface area (Å²) in [5.74, 6) is -2.19. The van der Waals surface area contributed by atoms with E-state index in [1.165, 1.54) is 0 Å². The molecule has 2 unspecified atom stereocenters. The van der Waals surface area contributed by atoms with Crippen molar-refractivity contribution >= 4 is 23.5 Å². The van der Waals surface area contributed by atoms with Crippen LogP contribution in [0.1, 0.15) is 31.2 Å². The quantitative estimate of drug-likeness (QED) is 0.802. The highest BCUT2D eigenvalue weighted by molar-refractivity contribution is 5.95. The zero-order valence-electron chi connectivity index (χ0n) is 14.0. The van der Waals surface area contributed by atoms with Gasteiger partial charge in [-0.1, -0.05) is 24.3 Å². The maximum atomic E-state index is 12.3. The Bertz CT molecular complexity index is 696. The van der Waals surface area contributed by atoms with Crippen LogP contribution >= 0.6 is 0 Å². The van der Waals surface area contributed by atoms with E-state index in [9.17, 15) is 19.5 Å². The lowest BCUT2D eigenvalue weighted by Gasteiger charge is -2.24. The number of carboxylic acid groups (broad SMARTS) is 1. The molecule has 0 radical (unpaired) electrons. The number of nitrogens with one attached hydrogen (secondary N) is 1. The van der Waals surface area contributed by atoms with Crippen LogP contribution in [0.25, 0.3) is 0 Å². The SMILES string of the molecule is O=C(O)C1CC=CCC1C(=O)NCc1ccc(N2CCCC2=O)cc1. The van der Waals surface area contributed by atoms with Gasteiger partial charge < -0.3 is 15.3 Å². The smallest absolute Gasteiger partial charge is 0.307 e. The highest BCUT2D eigenvalue weighted by Gasteiger charge is 2.33. The Morgan fingerprint density at radius 1 is 1.12 bits per heavy atom. The van der Waals surface area contributed by atoms with Gasteiger partial charge in [-0.05, 0) is 37.0 Å². The first-order valence-corrected chi connectivity index (χ1v) is 8.61. The monoisotopic (exact) mass is 342 g/mol. The molecule has 1 aliphatic carbocycles. The maximum absolute atomic E-state index is 12.3. The second-order valence-electron chi connectivity index (χ2n) is 6.53. The number of aliphatic carboxylic acids is 1. The summed E-state index contributed by atoms with van der Waals surface area (Å²) in [7, 11) is 0. The predicted molar refractivity (Wildman–Crippen MR) is 92.9 cm³/mol. The Kier molecular flexibility index (Phi) is 5.16. The number of carbonyl (C=O) groups excluding carboxylic acids is 2. The summed E-state index contributed by atoms with van der Waals surface area (Å²) in [6, 6.07) is 7.54. The molecule has 132 valence electrons. The number of hydrogen-bond acceptors (Lipinski definition) is 3. The van der Waals surface area contributed by atoms with Gasteiger partial charge in [-0.2, -0.15) is 0 Å². The molecule has 1 aliphatic heterocycles. The van der Waals surface area contributed by atoms with E-state index in [0.29, 0.717) is 25.8 Å². The van der Waals surface area contributed by atoms with Crippen molar-refractivity contribution in [2.45, 2.75) is 32.2 Å². The maximum Gasteiger partial charge on any atom is 0.307 e. The minimum Gasteiger partial charge on any atom is -0.481 e. The van der Waals surface area contributed by atoms with Crippen molar-refractivity contribution in [1.29, 1.82) is 0 Å². The van der Waals surface area contributed by atoms with Gasteiger partial charge in [0, 0.05) is 25.2 Å². The van der Waals surface area contributed by atoms with Gasteiger partial charge in [-0.3, -0.25) is 14.4 Å². The topological polar surface area (TPSA) is 86.7 Å². The standard InChI is InChI=1S/C19H22N2O4/c22-17-6-3-11-21(17)14-9-7-13(8-10-14)12-20-18(23)15-4-1-2-5-16(15)19(24)25/h1-2,7-10,15-16H,3-6,11-12H2,(H,20,23)(H,24,25). The van der Waals surface area contributed by atoms with Crippen molar-refractivity contribution < 1.29 is 19.5 Å². The first-order chi connectivity index (χ1) is 12.1. The van der Waals surface area contributed by atoms with Gasteiger partial charge in [0.05, 0.1) is 11.8 Å². The van der Waals surface area contributed by atoms with E-state index in [-0.39, 0.29) is 11.8 Å². The lowest BCUT2D eigenvalue weighted by Crippen LogP contribution is -2.38. The van der Waals surface area contributed by atoms with Crippen LogP contribution in [0, 0.1) is 11.8 Å². The van der Waals surface area contributed by atoms with Gasteiger partial charge >= 0.3 is 5.97 Å². The number of anilines is 1. The number of amides is 2. The summed E-state index contributed by atoms with van der Waals surface area (Å²) in [5.41, 5.74) is 1.79. The summed E-state index contributed by atoms with van der Waals surface area (Å²) < 4.78 is 0. The molecule has 2 N–H and O–H groups in total. The lowest BCUT2D eigenvalue weighted by atomic mass is 9.82. The normalized spacial score (nSPS) is 22.9. The van der Waals surface area contributed by atoms with Gasteiger partial charge in [0.2, 0.25) is 11.8 Å². The minimum absolute atomic E-state index is 0.145. The fraction of sp³-hybridized carbons (Fsp3) is 0.421. The first kappa shape index (κ1) is 17.2. The van der Waals surface area contributed by atoms with Crippen molar-refractivity contribution in [3.05, 3.63) is 42.0 Å². The van der Waals surface area contributed by atoms with Crippen LogP contribution in [0.15, 0.2) is 36.4 Å². The van der Waals surface area contributed by atoms with Crippen molar-refractivity contribution in [3.8, 4) is 0 Å². The molecule has 1 aromatic rings. The van der Waals surface area contributed by atoms with Crippen LogP contribution in [0.4, 0.5) is 5.69 Å². The van der Waals surface area contributed by atoms with E-state index in [0.717, 1.165) is 24.2 Å². The third kappa shape index (κ3) is 3.90. The molecular formula is C19H22N2O4. The number of allylic oxidation sites excluding steroid dienone is 2. The van der Waals surface area contributed by atoms with Crippen molar-refractivity contribution in [2.24, 2.45) is 11.8 Å². The third-order valence-electron chi connectivity index (χ3n) is 4.87. The molecule has 0 aromatic heterocycles. The average molecular weight is 342 g/mol. The molecular weight excluding hydrogens is 320 g/mol. The van der Waals surface area contributed by atoms with E-state index >= 15 is 0 Å². The zero-order chi connectivity index (χ0) is 17.8. The van der Waals surface area contributed by atoms with Gasteiger partial charge in [-0.15, -0.1) is 0 Å². The van der Waals surface area contributed by atoms with Crippen LogP contribution in [0.3, 0.4) is 0 Å². The molecule has 0 bridgehead atoms. The molecule has 1 aromatic carbocycles. The highest BCUT2D eigenvalue weighted by Crippen LogP contribution is 2.26. The Morgan fingerprint density at radius 3 is 2.40 bits per heavy atom. The fourth-order valence-electron chi connectivity index (χ4n) is 3.41. The second-order valence-corrected chi connectivity index (χ2v) is 6.53. The molecule has 1 heterocycles.